The lowest BCUT2D eigenvalue weighted by Crippen LogP contribution is -1.97. The Morgan fingerprint density at radius 1 is 1.05 bits per heavy atom. The summed E-state index contributed by atoms with van der Waals surface area (Å²) in [6.45, 7) is 3.11. The number of rotatable bonds is 6. The normalized spacial score (nSPS) is 10.2. The van der Waals surface area contributed by atoms with Gasteiger partial charge in [0.05, 0.1) is 0 Å². The molecule has 0 saturated heterocycles. The molecule has 0 fully saturated rings. The van der Waals surface area contributed by atoms with Crippen LogP contribution in [0.25, 0.3) is 11.0 Å². The number of hydrogen-bond donors (Lipinski definition) is 2. The van der Waals surface area contributed by atoms with Crippen molar-refractivity contribution in [2.45, 2.75) is 45.4 Å². The number of benzene rings is 1. The van der Waals surface area contributed by atoms with Crippen molar-refractivity contribution in [1.29, 1.82) is 0 Å². The van der Waals surface area contributed by atoms with E-state index in [1.165, 1.54) is 50.7 Å². The van der Waals surface area contributed by atoms with E-state index in [1.807, 2.05) is 0 Å². The largest absolute Gasteiger partial charge is 0.508 e. The van der Waals surface area contributed by atoms with Crippen LogP contribution in [-0.2, 0) is 0 Å². The highest BCUT2D eigenvalue weighted by Gasteiger charge is 1.96. The van der Waals surface area contributed by atoms with Gasteiger partial charge in [-0.2, -0.15) is 0 Å². The number of nitrogens with two attached hydrogens (primary N) is 1. The van der Waals surface area contributed by atoms with E-state index in [-0.39, 0.29) is 5.75 Å². The molecule has 0 spiro atoms. The second kappa shape index (κ2) is 10.00. The minimum absolute atomic E-state index is 0.0943. The zero-order valence-electron chi connectivity index (χ0n) is 12.7. The molecule has 0 aliphatic carbocycles. The fourth-order valence-corrected chi connectivity index (χ4v) is 1.97. The molecule has 0 amide bonds. The molecule has 0 saturated carbocycles. The molecule has 1 aromatic heterocycles. The van der Waals surface area contributed by atoms with Crippen molar-refractivity contribution < 1.29 is 9.52 Å². The molecule has 116 valence electrons. The highest BCUT2D eigenvalue weighted by Crippen LogP contribution is 2.17. The van der Waals surface area contributed by atoms with Crippen molar-refractivity contribution in [2.24, 2.45) is 5.73 Å². The predicted molar refractivity (Wildman–Crippen MR) is 86.6 cm³/mol. The fraction of sp³-hybridized carbons (Fsp3) is 0.471. The number of phenolic OH excluding ortho intramolecular Hbond substituents is 1. The van der Waals surface area contributed by atoms with Crippen LogP contribution in [0.15, 0.2) is 39.5 Å². The first-order chi connectivity index (χ1) is 10.2. The maximum Gasteiger partial charge on any atom is 0.336 e. The van der Waals surface area contributed by atoms with Gasteiger partial charge in [0, 0.05) is 17.5 Å². The standard InChI is InChI=1S/C9H6O3.C8H19N/c10-7-3-1-6-2-4-9(11)12-8(6)5-7;1-2-3-4-5-6-7-8-9/h1-5,10H;2-9H2,1H3. The molecule has 1 heterocycles. The molecule has 2 aromatic rings. The van der Waals surface area contributed by atoms with E-state index in [0.29, 0.717) is 5.58 Å². The van der Waals surface area contributed by atoms with Crippen LogP contribution >= 0.6 is 0 Å². The Kier molecular flexibility index (Phi) is 8.21. The van der Waals surface area contributed by atoms with Gasteiger partial charge >= 0.3 is 5.63 Å². The van der Waals surface area contributed by atoms with Gasteiger partial charge in [-0.15, -0.1) is 0 Å². The van der Waals surface area contributed by atoms with Crippen molar-refractivity contribution in [3.8, 4) is 5.75 Å². The van der Waals surface area contributed by atoms with E-state index in [0.717, 1.165) is 11.9 Å². The maximum atomic E-state index is 10.7. The van der Waals surface area contributed by atoms with Gasteiger partial charge in [-0.25, -0.2) is 4.79 Å². The molecule has 3 N–H and O–H groups in total. The van der Waals surface area contributed by atoms with Crippen LogP contribution < -0.4 is 11.4 Å². The first kappa shape index (κ1) is 17.2. The maximum absolute atomic E-state index is 10.7. The van der Waals surface area contributed by atoms with Crippen molar-refractivity contribution in [3.05, 3.63) is 40.8 Å². The molecule has 0 aliphatic heterocycles. The summed E-state index contributed by atoms with van der Waals surface area (Å²) in [7, 11) is 0. The topological polar surface area (TPSA) is 76.5 Å². The van der Waals surface area contributed by atoms with Gasteiger partial charge in [0.25, 0.3) is 0 Å². The third-order valence-corrected chi connectivity index (χ3v) is 3.16. The molecular weight excluding hydrogens is 266 g/mol. The quantitative estimate of drug-likeness (QED) is 0.627. The van der Waals surface area contributed by atoms with Gasteiger partial charge in [0.2, 0.25) is 0 Å². The molecule has 0 bridgehead atoms. The van der Waals surface area contributed by atoms with Gasteiger partial charge in [-0.1, -0.05) is 39.0 Å². The molecule has 21 heavy (non-hydrogen) atoms. The van der Waals surface area contributed by atoms with Gasteiger partial charge in [-0.3, -0.25) is 0 Å². The third kappa shape index (κ3) is 6.95. The molecule has 0 aliphatic rings. The Bertz CT molecular complexity index is 572. The Hall–Kier alpha value is -1.81. The Balaban J connectivity index is 0.000000222. The van der Waals surface area contributed by atoms with Crippen molar-refractivity contribution >= 4 is 11.0 Å². The number of hydrogen-bond acceptors (Lipinski definition) is 4. The van der Waals surface area contributed by atoms with E-state index < -0.39 is 5.63 Å². The second-order valence-corrected chi connectivity index (χ2v) is 5.03. The molecule has 0 unspecified atom stereocenters. The SMILES string of the molecule is CCCCCCCCN.O=c1ccc2ccc(O)cc2o1. The lowest BCUT2D eigenvalue weighted by Gasteiger charge is -1.96. The zero-order valence-corrected chi connectivity index (χ0v) is 12.7. The molecule has 1 aromatic carbocycles. The molecule has 0 atom stereocenters. The summed E-state index contributed by atoms with van der Waals surface area (Å²) in [6, 6.07) is 7.65. The summed E-state index contributed by atoms with van der Waals surface area (Å²) < 4.78 is 4.83. The summed E-state index contributed by atoms with van der Waals surface area (Å²) in [4.78, 5) is 10.7. The van der Waals surface area contributed by atoms with Gasteiger partial charge in [0.1, 0.15) is 11.3 Å². The summed E-state index contributed by atoms with van der Waals surface area (Å²) >= 11 is 0. The number of fused-ring (bicyclic) bond motifs is 1. The van der Waals surface area contributed by atoms with Crippen LogP contribution in [0.5, 0.6) is 5.75 Å². The summed E-state index contributed by atoms with van der Waals surface area (Å²) in [5, 5.41) is 9.86. The van der Waals surface area contributed by atoms with Crippen molar-refractivity contribution in [1.82, 2.24) is 0 Å². The molecule has 2 rings (SSSR count). The van der Waals surface area contributed by atoms with E-state index >= 15 is 0 Å². The minimum atomic E-state index is -0.409. The number of phenols is 1. The monoisotopic (exact) mass is 291 g/mol. The van der Waals surface area contributed by atoms with Gasteiger partial charge < -0.3 is 15.3 Å². The van der Waals surface area contributed by atoms with Crippen molar-refractivity contribution in [3.63, 3.8) is 0 Å². The Labute approximate surface area is 125 Å². The molecular formula is C17H25NO3. The van der Waals surface area contributed by atoms with Crippen molar-refractivity contribution in [2.75, 3.05) is 6.54 Å². The lowest BCUT2D eigenvalue weighted by atomic mass is 10.1. The van der Waals surface area contributed by atoms with E-state index in [1.54, 1.807) is 18.2 Å². The number of aromatic hydroxyl groups is 1. The van der Waals surface area contributed by atoms with Crippen LogP contribution in [0.2, 0.25) is 0 Å². The average Bonchev–Trinajstić information content (AvgIpc) is 2.47. The summed E-state index contributed by atoms with van der Waals surface area (Å²) in [5.74, 6) is 0.0943. The smallest absolute Gasteiger partial charge is 0.336 e. The Morgan fingerprint density at radius 2 is 1.71 bits per heavy atom. The van der Waals surface area contributed by atoms with Crippen LogP contribution in [0.3, 0.4) is 0 Å². The van der Waals surface area contributed by atoms with Gasteiger partial charge in [0.15, 0.2) is 0 Å². The van der Waals surface area contributed by atoms with Crippen LogP contribution in [0.4, 0.5) is 0 Å². The fourth-order valence-electron chi connectivity index (χ4n) is 1.97. The number of unbranched alkanes of at least 4 members (excludes halogenated alkanes) is 5. The van der Waals surface area contributed by atoms with E-state index in [4.69, 9.17) is 15.3 Å². The lowest BCUT2D eigenvalue weighted by molar-refractivity contribution is 0.473. The molecule has 4 heteroatoms. The summed E-state index contributed by atoms with van der Waals surface area (Å²) in [5.41, 5.74) is 5.34. The van der Waals surface area contributed by atoms with Crippen LogP contribution in [0, 0.1) is 0 Å². The predicted octanol–water partition coefficient (Wildman–Crippen LogP) is 3.80. The second-order valence-electron chi connectivity index (χ2n) is 5.03. The van der Waals surface area contributed by atoms with Gasteiger partial charge in [-0.05, 0) is 31.2 Å². The molecule has 0 radical (unpaired) electrons. The summed E-state index contributed by atoms with van der Waals surface area (Å²) in [6.07, 6.45) is 8.05. The first-order valence-electron chi connectivity index (χ1n) is 7.60. The van der Waals surface area contributed by atoms with E-state index in [9.17, 15) is 4.79 Å². The van der Waals surface area contributed by atoms with Crippen LogP contribution in [0.1, 0.15) is 45.4 Å². The highest BCUT2D eigenvalue weighted by molar-refractivity contribution is 5.77. The zero-order chi connectivity index (χ0) is 15.5. The Morgan fingerprint density at radius 3 is 2.43 bits per heavy atom. The van der Waals surface area contributed by atoms with Crippen LogP contribution in [-0.4, -0.2) is 11.7 Å². The first-order valence-corrected chi connectivity index (χ1v) is 7.60. The molecule has 4 nitrogen and oxygen atoms in total. The minimum Gasteiger partial charge on any atom is -0.508 e. The average molecular weight is 291 g/mol. The van der Waals surface area contributed by atoms with E-state index in [2.05, 4.69) is 6.92 Å². The highest BCUT2D eigenvalue weighted by atomic mass is 16.4. The third-order valence-electron chi connectivity index (χ3n) is 3.16.